The molecule has 0 aliphatic carbocycles. The molecule has 0 saturated heterocycles. The first-order valence-corrected chi connectivity index (χ1v) is 5.87. The van der Waals surface area contributed by atoms with Crippen LogP contribution < -0.4 is 5.32 Å². The first kappa shape index (κ1) is 13.7. The van der Waals surface area contributed by atoms with Crippen LogP contribution in [0.4, 0.5) is 11.6 Å². The smallest absolute Gasteiger partial charge is 0.401 e. The van der Waals surface area contributed by atoms with Crippen LogP contribution in [0.1, 0.15) is 12.0 Å². The highest BCUT2D eigenvalue weighted by molar-refractivity contribution is 6.42. The lowest BCUT2D eigenvalue weighted by Gasteiger charge is -2.12. The quantitative estimate of drug-likeness (QED) is 0.512. The normalized spacial score (nSPS) is 12.2. The number of aliphatic hydroxyl groups is 1. The summed E-state index contributed by atoms with van der Waals surface area (Å²) in [4.78, 5) is 9.77. The largest absolute Gasteiger partial charge is 0.433 e. The van der Waals surface area contributed by atoms with Gasteiger partial charge < -0.3 is 14.8 Å². The Balaban J connectivity index is 2.13. The molecule has 1 aromatic heterocycles. The zero-order valence-corrected chi connectivity index (χ0v) is 10.9. The van der Waals surface area contributed by atoms with E-state index in [0.717, 1.165) is 6.07 Å². The maximum atomic E-state index is 10.5. The summed E-state index contributed by atoms with van der Waals surface area (Å²) < 4.78 is 4.86. The van der Waals surface area contributed by atoms with Crippen molar-refractivity contribution >= 4 is 34.8 Å². The summed E-state index contributed by atoms with van der Waals surface area (Å²) in [6, 6.07) is 7.16. The first-order valence-electron chi connectivity index (χ1n) is 5.11. The number of nitrogens with zero attached hydrogens (tertiary/aromatic N) is 1. The third kappa shape index (κ3) is 3.17. The molecule has 2 aromatic rings. The Morgan fingerprint density at radius 2 is 2.00 bits per heavy atom. The van der Waals surface area contributed by atoms with E-state index in [1.54, 1.807) is 12.1 Å². The number of hydrogen-bond donors (Lipinski definition) is 2. The third-order valence-electron chi connectivity index (χ3n) is 2.29. The van der Waals surface area contributed by atoms with Crippen LogP contribution in [0.3, 0.4) is 0 Å². The van der Waals surface area contributed by atoms with Crippen LogP contribution in [0.25, 0.3) is 0 Å². The molecular formula is C11H8Cl2N2O4. The van der Waals surface area contributed by atoms with Crippen molar-refractivity contribution in [2.24, 2.45) is 0 Å². The second-order valence-electron chi connectivity index (χ2n) is 3.61. The van der Waals surface area contributed by atoms with Gasteiger partial charge in [0, 0.05) is 5.69 Å². The minimum atomic E-state index is -1.23. The van der Waals surface area contributed by atoms with Gasteiger partial charge in [-0.2, -0.15) is 0 Å². The van der Waals surface area contributed by atoms with Gasteiger partial charge in [0.25, 0.3) is 0 Å². The molecule has 100 valence electrons. The standard InChI is InChI=1S/C11H8Cl2N2O4/c12-7-2-1-6(5-8(7)13)14-11(16)9-3-4-10(19-9)15(17)18/h1-5,11,14,16H. The number of furan rings is 1. The second-order valence-corrected chi connectivity index (χ2v) is 4.42. The van der Waals surface area contributed by atoms with Crippen LogP contribution >= 0.6 is 23.2 Å². The second kappa shape index (κ2) is 5.48. The summed E-state index contributed by atoms with van der Waals surface area (Å²) in [6.07, 6.45) is -1.23. The van der Waals surface area contributed by atoms with E-state index < -0.39 is 17.0 Å². The molecule has 0 saturated carbocycles. The molecule has 6 nitrogen and oxygen atoms in total. The van der Waals surface area contributed by atoms with Crippen molar-refractivity contribution in [1.29, 1.82) is 0 Å². The topological polar surface area (TPSA) is 88.5 Å². The van der Waals surface area contributed by atoms with Gasteiger partial charge >= 0.3 is 5.88 Å². The molecule has 2 N–H and O–H groups in total. The fraction of sp³-hybridized carbons (Fsp3) is 0.0909. The molecule has 0 amide bonds. The fourth-order valence-electron chi connectivity index (χ4n) is 1.40. The molecular weight excluding hydrogens is 295 g/mol. The van der Waals surface area contributed by atoms with E-state index in [-0.39, 0.29) is 5.76 Å². The lowest BCUT2D eigenvalue weighted by atomic mass is 10.3. The molecule has 1 aromatic carbocycles. The summed E-state index contributed by atoms with van der Waals surface area (Å²) in [5.74, 6) is -0.414. The third-order valence-corrected chi connectivity index (χ3v) is 3.02. The van der Waals surface area contributed by atoms with Gasteiger partial charge in [0.05, 0.1) is 16.1 Å². The van der Waals surface area contributed by atoms with Crippen molar-refractivity contribution in [1.82, 2.24) is 0 Å². The van der Waals surface area contributed by atoms with Gasteiger partial charge in [-0.25, -0.2) is 0 Å². The zero-order valence-electron chi connectivity index (χ0n) is 9.34. The van der Waals surface area contributed by atoms with Crippen molar-refractivity contribution in [3.8, 4) is 0 Å². The highest BCUT2D eigenvalue weighted by atomic mass is 35.5. The first-order chi connectivity index (χ1) is 8.97. The van der Waals surface area contributed by atoms with E-state index in [1.807, 2.05) is 0 Å². The molecule has 0 aliphatic rings. The van der Waals surface area contributed by atoms with E-state index >= 15 is 0 Å². The maximum absolute atomic E-state index is 10.5. The lowest BCUT2D eigenvalue weighted by molar-refractivity contribution is -0.402. The highest BCUT2D eigenvalue weighted by Gasteiger charge is 2.17. The average molecular weight is 303 g/mol. The van der Waals surface area contributed by atoms with Crippen molar-refractivity contribution in [3.63, 3.8) is 0 Å². The van der Waals surface area contributed by atoms with Gasteiger partial charge in [-0.05, 0) is 24.3 Å². The summed E-state index contributed by atoms with van der Waals surface area (Å²) >= 11 is 11.6. The van der Waals surface area contributed by atoms with Gasteiger partial charge in [-0.3, -0.25) is 10.1 Å². The van der Waals surface area contributed by atoms with E-state index in [9.17, 15) is 15.2 Å². The summed E-state index contributed by atoms with van der Waals surface area (Å²) in [7, 11) is 0. The molecule has 0 spiro atoms. The van der Waals surface area contributed by atoms with Crippen molar-refractivity contribution < 1.29 is 14.4 Å². The predicted octanol–water partition coefficient (Wildman–Crippen LogP) is 3.60. The summed E-state index contributed by atoms with van der Waals surface area (Å²) in [5, 5.41) is 23.7. The Bertz CT molecular complexity index is 614. The van der Waals surface area contributed by atoms with Crippen LogP contribution in [0.5, 0.6) is 0 Å². The predicted molar refractivity (Wildman–Crippen MR) is 70.4 cm³/mol. The number of rotatable bonds is 4. The Hall–Kier alpha value is -1.76. The minimum Gasteiger partial charge on any atom is -0.401 e. The molecule has 0 bridgehead atoms. The van der Waals surface area contributed by atoms with Crippen molar-refractivity contribution in [2.75, 3.05) is 5.32 Å². The number of benzene rings is 1. The Morgan fingerprint density at radius 1 is 1.26 bits per heavy atom. The van der Waals surface area contributed by atoms with Crippen LogP contribution in [0.2, 0.25) is 10.0 Å². The summed E-state index contributed by atoms with van der Waals surface area (Å²) in [6.45, 7) is 0. The Labute approximate surface area is 117 Å². The van der Waals surface area contributed by atoms with Gasteiger partial charge in [0.2, 0.25) is 0 Å². The fourth-order valence-corrected chi connectivity index (χ4v) is 1.70. The lowest BCUT2D eigenvalue weighted by Crippen LogP contribution is -2.08. The highest BCUT2D eigenvalue weighted by Crippen LogP contribution is 2.28. The zero-order chi connectivity index (χ0) is 14.0. The van der Waals surface area contributed by atoms with Gasteiger partial charge in [0.15, 0.2) is 12.0 Å². The van der Waals surface area contributed by atoms with E-state index in [0.29, 0.717) is 15.7 Å². The molecule has 0 radical (unpaired) electrons. The van der Waals surface area contributed by atoms with E-state index in [2.05, 4.69) is 5.32 Å². The van der Waals surface area contributed by atoms with Gasteiger partial charge in [0.1, 0.15) is 4.92 Å². The molecule has 1 atom stereocenters. The van der Waals surface area contributed by atoms with Crippen molar-refractivity contribution in [3.05, 3.63) is 56.3 Å². The number of nitrogens with one attached hydrogen (secondary N) is 1. The number of hydrogen-bond acceptors (Lipinski definition) is 5. The molecule has 8 heteroatoms. The van der Waals surface area contributed by atoms with Crippen molar-refractivity contribution in [2.45, 2.75) is 6.23 Å². The average Bonchev–Trinajstić information content (AvgIpc) is 2.83. The molecule has 1 heterocycles. The van der Waals surface area contributed by atoms with Gasteiger partial charge in [-0.15, -0.1) is 0 Å². The molecule has 2 rings (SSSR count). The van der Waals surface area contributed by atoms with Crippen LogP contribution in [0.15, 0.2) is 34.7 Å². The monoisotopic (exact) mass is 302 g/mol. The maximum Gasteiger partial charge on any atom is 0.433 e. The van der Waals surface area contributed by atoms with E-state index in [4.69, 9.17) is 27.6 Å². The molecule has 0 aliphatic heterocycles. The van der Waals surface area contributed by atoms with Crippen LogP contribution in [-0.4, -0.2) is 10.0 Å². The van der Waals surface area contributed by atoms with Crippen LogP contribution in [-0.2, 0) is 0 Å². The SMILES string of the molecule is O=[N+]([O-])c1ccc(C(O)Nc2ccc(Cl)c(Cl)c2)o1. The minimum absolute atomic E-state index is 0.0257. The number of anilines is 1. The molecule has 19 heavy (non-hydrogen) atoms. The summed E-state index contributed by atoms with van der Waals surface area (Å²) in [5.41, 5.74) is 0.501. The number of nitro groups is 1. The number of aliphatic hydroxyl groups excluding tert-OH is 1. The number of halogens is 2. The molecule has 0 fully saturated rings. The Morgan fingerprint density at radius 3 is 2.58 bits per heavy atom. The Kier molecular flexibility index (Phi) is 3.94. The van der Waals surface area contributed by atoms with Crippen LogP contribution in [0, 0.1) is 10.1 Å². The van der Waals surface area contributed by atoms with Gasteiger partial charge in [-0.1, -0.05) is 23.2 Å². The molecule has 1 unspecified atom stereocenters. The van der Waals surface area contributed by atoms with E-state index in [1.165, 1.54) is 12.1 Å².